The molecule has 2 unspecified atom stereocenters. The van der Waals surface area contributed by atoms with Gasteiger partial charge in [0, 0.05) is 25.0 Å². The zero-order chi connectivity index (χ0) is 14.0. The smallest absolute Gasteiger partial charge is 0.0762 e. The van der Waals surface area contributed by atoms with Crippen molar-refractivity contribution in [3.8, 4) is 0 Å². The minimum Gasteiger partial charge on any atom is -0.370 e. The third-order valence-electron chi connectivity index (χ3n) is 5.20. The second-order valence-corrected chi connectivity index (χ2v) is 6.56. The maximum Gasteiger partial charge on any atom is 0.0762 e. The van der Waals surface area contributed by atoms with E-state index < -0.39 is 0 Å². The molecular weight excluding hydrogens is 248 g/mol. The van der Waals surface area contributed by atoms with Gasteiger partial charge in [-0.25, -0.2) is 0 Å². The van der Waals surface area contributed by atoms with Gasteiger partial charge in [0.05, 0.1) is 11.7 Å². The lowest BCUT2D eigenvalue weighted by Gasteiger charge is -2.24. The molecule has 1 spiro atoms. The number of hydrogen-bond acceptors (Lipinski definition) is 2. The molecule has 1 aromatic rings. The molecule has 1 saturated heterocycles. The summed E-state index contributed by atoms with van der Waals surface area (Å²) in [5.41, 5.74) is 1.65. The van der Waals surface area contributed by atoms with Crippen LogP contribution in [0.25, 0.3) is 0 Å². The molecule has 3 heteroatoms. The maximum absolute atomic E-state index is 6.40. The van der Waals surface area contributed by atoms with E-state index in [1.165, 1.54) is 44.1 Å². The van der Waals surface area contributed by atoms with Crippen molar-refractivity contribution in [2.24, 2.45) is 0 Å². The molecule has 1 saturated carbocycles. The Morgan fingerprint density at radius 2 is 2.20 bits per heavy atom. The van der Waals surface area contributed by atoms with Gasteiger partial charge in [0.15, 0.2) is 0 Å². The molecule has 0 bridgehead atoms. The summed E-state index contributed by atoms with van der Waals surface area (Å²) in [4.78, 5) is 0. The molecular formula is C17H28N2O. The summed E-state index contributed by atoms with van der Waals surface area (Å²) in [5.74, 6) is 0. The van der Waals surface area contributed by atoms with Crippen LogP contribution in [0.2, 0.25) is 0 Å². The van der Waals surface area contributed by atoms with Gasteiger partial charge in [0.2, 0.25) is 0 Å². The van der Waals surface area contributed by atoms with E-state index >= 15 is 0 Å². The summed E-state index contributed by atoms with van der Waals surface area (Å²) in [6.45, 7) is 3.24. The monoisotopic (exact) mass is 276 g/mol. The van der Waals surface area contributed by atoms with E-state index in [4.69, 9.17) is 4.74 Å². The van der Waals surface area contributed by atoms with Crippen molar-refractivity contribution in [2.75, 3.05) is 7.05 Å². The van der Waals surface area contributed by atoms with Crippen molar-refractivity contribution >= 4 is 0 Å². The molecule has 20 heavy (non-hydrogen) atoms. The lowest BCUT2D eigenvalue weighted by Crippen LogP contribution is -2.26. The van der Waals surface area contributed by atoms with Gasteiger partial charge in [0.1, 0.15) is 0 Å². The van der Waals surface area contributed by atoms with E-state index in [2.05, 4.69) is 35.3 Å². The van der Waals surface area contributed by atoms with Crippen LogP contribution >= 0.6 is 0 Å². The van der Waals surface area contributed by atoms with Crippen LogP contribution in [0, 0.1) is 0 Å². The Bertz CT molecular complexity index is 430. The molecule has 112 valence electrons. The van der Waals surface area contributed by atoms with Crippen molar-refractivity contribution in [3.05, 3.63) is 24.0 Å². The highest BCUT2D eigenvalue weighted by Gasteiger charge is 2.42. The summed E-state index contributed by atoms with van der Waals surface area (Å²) >= 11 is 0. The number of ether oxygens (including phenoxy) is 1. The predicted molar refractivity (Wildman–Crippen MR) is 81.8 cm³/mol. The fourth-order valence-corrected chi connectivity index (χ4v) is 4.03. The van der Waals surface area contributed by atoms with Gasteiger partial charge in [-0.05, 0) is 50.8 Å². The average molecular weight is 276 g/mol. The van der Waals surface area contributed by atoms with Crippen LogP contribution in [-0.2, 0) is 11.3 Å². The van der Waals surface area contributed by atoms with Crippen molar-refractivity contribution in [1.82, 2.24) is 9.88 Å². The van der Waals surface area contributed by atoms with E-state index in [-0.39, 0.29) is 5.60 Å². The Labute approximate surface area is 122 Å². The largest absolute Gasteiger partial charge is 0.370 e. The first-order chi connectivity index (χ1) is 9.74. The lowest BCUT2D eigenvalue weighted by molar-refractivity contribution is -0.0417. The Hall–Kier alpha value is -0.800. The van der Waals surface area contributed by atoms with Crippen molar-refractivity contribution < 1.29 is 4.74 Å². The summed E-state index contributed by atoms with van der Waals surface area (Å²) in [6.07, 6.45) is 13.9. The molecule has 0 aromatic carbocycles. The SMILES string of the molecule is CCC(NC)c1ccn(CC2CCC3(CCCC3)O2)c1. The maximum atomic E-state index is 6.40. The quantitative estimate of drug-likeness (QED) is 0.888. The first kappa shape index (κ1) is 14.2. The third-order valence-corrected chi connectivity index (χ3v) is 5.20. The van der Waals surface area contributed by atoms with Crippen LogP contribution in [0.4, 0.5) is 0 Å². The van der Waals surface area contributed by atoms with E-state index in [1.807, 2.05) is 7.05 Å². The molecule has 2 heterocycles. The van der Waals surface area contributed by atoms with Gasteiger partial charge in [-0.1, -0.05) is 19.8 Å². The van der Waals surface area contributed by atoms with Crippen molar-refractivity contribution in [2.45, 2.75) is 76.2 Å². The van der Waals surface area contributed by atoms with Crippen molar-refractivity contribution in [1.29, 1.82) is 0 Å². The van der Waals surface area contributed by atoms with Crippen LogP contribution in [0.1, 0.15) is 63.5 Å². The Morgan fingerprint density at radius 3 is 2.90 bits per heavy atom. The number of nitrogens with one attached hydrogen (secondary N) is 1. The summed E-state index contributed by atoms with van der Waals surface area (Å²) < 4.78 is 8.71. The zero-order valence-electron chi connectivity index (χ0n) is 12.9. The summed E-state index contributed by atoms with van der Waals surface area (Å²) in [5, 5.41) is 3.37. The van der Waals surface area contributed by atoms with Crippen LogP contribution in [0.15, 0.2) is 18.5 Å². The lowest BCUT2D eigenvalue weighted by atomic mass is 9.98. The molecule has 0 radical (unpaired) electrons. The Morgan fingerprint density at radius 1 is 1.40 bits per heavy atom. The Balaban J connectivity index is 1.59. The molecule has 1 aromatic heterocycles. The van der Waals surface area contributed by atoms with Crippen molar-refractivity contribution in [3.63, 3.8) is 0 Å². The normalized spacial score (nSPS) is 26.4. The van der Waals surface area contributed by atoms with Crippen LogP contribution < -0.4 is 5.32 Å². The van der Waals surface area contributed by atoms with Gasteiger partial charge >= 0.3 is 0 Å². The second kappa shape index (κ2) is 5.90. The number of aromatic nitrogens is 1. The Kier molecular flexibility index (Phi) is 4.18. The molecule has 1 aliphatic carbocycles. The van der Waals surface area contributed by atoms with Crippen LogP contribution in [0.3, 0.4) is 0 Å². The van der Waals surface area contributed by atoms with E-state index in [0.29, 0.717) is 12.1 Å². The van der Waals surface area contributed by atoms with Crippen LogP contribution in [0.5, 0.6) is 0 Å². The predicted octanol–water partition coefficient (Wildman–Crippen LogP) is 3.65. The molecule has 1 aliphatic heterocycles. The van der Waals surface area contributed by atoms with Gasteiger partial charge in [-0.15, -0.1) is 0 Å². The minimum absolute atomic E-state index is 0.261. The van der Waals surface area contributed by atoms with E-state index in [0.717, 1.165) is 13.0 Å². The summed E-state index contributed by atoms with van der Waals surface area (Å²) in [7, 11) is 2.04. The molecule has 1 N–H and O–H groups in total. The average Bonchev–Trinajstić information content (AvgIpc) is 3.17. The zero-order valence-corrected chi connectivity index (χ0v) is 12.9. The fourth-order valence-electron chi connectivity index (χ4n) is 4.03. The number of nitrogens with zero attached hydrogens (tertiary/aromatic N) is 1. The molecule has 3 rings (SSSR count). The molecule has 2 aliphatic rings. The highest BCUT2D eigenvalue weighted by Crippen LogP contribution is 2.43. The first-order valence-corrected chi connectivity index (χ1v) is 8.25. The third kappa shape index (κ3) is 2.79. The molecule has 3 nitrogen and oxygen atoms in total. The molecule has 2 fully saturated rings. The fraction of sp³-hybridized carbons (Fsp3) is 0.765. The summed E-state index contributed by atoms with van der Waals surface area (Å²) in [6, 6.07) is 2.72. The topological polar surface area (TPSA) is 26.2 Å². The van der Waals surface area contributed by atoms with Crippen LogP contribution in [-0.4, -0.2) is 23.3 Å². The molecule has 0 amide bonds. The van der Waals surface area contributed by atoms with Gasteiger partial charge in [-0.3, -0.25) is 0 Å². The first-order valence-electron chi connectivity index (χ1n) is 8.25. The number of hydrogen-bond donors (Lipinski definition) is 1. The highest BCUT2D eigenvalue weighted by atomic mass is 16.5. The standard InChI is InChI=1S/C17H28N2O/c1-3-16(18-2)14-7-11-19(12-14)13-15-6-10-17(20-15)8-4-5-9-17/h7,11-12,15-16,18H,3-6,8-10,13H2,1-2H3. The van der Waals surface area contributed by atoms with E-state index in [9.17, 15) is 0 Å². The molecule has 2 atom stereocenters. The van der Waals surface area contributed by atoms with Gasteiger partial charge < -0.3 is 14.6 Å². The second-order valence-electron chi connectivity index (χ2n) is 6.56. The van der Waals surface area contributed by atoms with Gasteiger partial charge in [-0.2, -0.15) is 0 Å². The minimum atomic E-state index is 0.261. The number of rotatable bonds is 5. The highest BCUT2D eigenvalue weighted by molar-refractivity contribution is 5.15. The van der Waals surface area contributed by atoms with E-state index in [1.54, 1.807) is 0 Å². The van der Waals surface area contributed by atoms with Gasteiger partial charge in [0.25, 0.3) is 0 Å².